The first-order chi connectivity index (χ1) is 17.2. The van der Waals surface area contributed by atoms with Gasteiger partial charge in [-0.1, -0.05) is 42.5 Å². The van der Waals surface area contributed by atoms with Gasteiger partial charge in [0, 0.05) is 6.42 Å². The van der Waals surface area contributed by atoms with Crippen molar-refractivity contribution in [3.8, 4) is 5.75 Å². The number of phenols is 1. The van der Waals surface area contributed by atoms with Crippen LogP contribution in [0.4, 0.5) is 0 Å². The van der Waals surface area contributed by atoms with Gasteiger partial charge in [-0.25, -0.2) is 4.79 Å². The van der Waals surface area contributed by atoms with Gasteiger partial charge < -0.3 is 31.9 Å². The molecule has 7 N–H and O–H groups in total. The predicted octanol–water partition coefficient (Wildman–Crippen LogP) is 0.428. The van der Waals surface area contributed by atoms with E-state index in [2.05, 4.69) is 16.0 Å². The van der Waals surface area contributed by atoms with Crippen LogP contribution in [0.15, 0.2) is 54.6 Å². The van der Waals surface area contributed by atoms with E-state index in [0.29, 0.717) is 5.75 Å². The monoisotopic (exact) mass is 516 g/mol. The van der Waals surface area contributed by atoms with Crippen molar-refractivity contribution in [2.75, 3.05) is 18.6 Å². The SMILES string of the molecule is CSCC[C@H](NC(=O)[C@H](Cc1ccccc1)NC(=O)CNC(=O)[C@@H](N)Cc1ccc(O)cc1)C(=O)O. The van der Waals surface area contributed by atoms with Crippen LogP contribution in [0.5, 0.6) is 5.75 Å². The van der Waals surface area contributed by atoms with E-state index in [4.69, 9.17) is 5.73 Å². The summed E-state index contributed by atoms with van der Waals surface area (Å²) in [6.45, 7) is -0.407. The Morgan fingerprint density at radius 1 is 0.889 bits per heavy atom. The molecular formula is C25H32N4O6S. The number of aromatic hydroxyl groups is 1. The maximum atomic E-state index is 12.9. The number of nitrogens with two attached hydrogens (primary N) is 1. The first-order valence-corrected chi connectivity index (χ1v) is 12.8. The topological polar surface area (TPSA) is 171 Å². The number of carboxylic acid groups (broad SMARTS) is 1. The van der Waals surface area contributed by atoms with E-state index in [0.717, 1.165) is 11.1 Å². The van der Waals surface area contributed by atoms with Gasteiger partial charge in [-0.2, -0.15) is 11.8 Å². The summed E-state index contributed by atoms with van der Waals surface area (Å²) in [4.78, 5) is 49.4. The molecule has 0 saturated heterocycles. The molecule has 2 aromatic carbocycles. The third-order valence-corrected chi connectivity index (χ3v) is 5.96. The summed E-state index contributed by atoms with van der Waals surface area (Å²) >= 11 is 1.46. The molecule has 0 unspecified atom stereocenters. The number of aliphatic carboxylic acids is 1. The molecule has 194 valence electrons. The molecule has 0 bridgehead atoms. The van der Waals surface area contributed by atoms with Crippen molar-refractivity contribution < 1.29 is 29.4 Å². The van der Waals surface area contributed by atoms with Crippen LogP contribution in [0.25, 0.3) is 0 Å². The molecule has 2 rings (SSSR count). The van der Waals surface area contributed by atoms with Crippen molar-refractivity contribution in [2.45, 2.75) is 37.4 Å². The first kappa shape index (κ1) is 28.7. The highest BCUT2D eigenvalue weighted by molar-refractivity contribution is 7.98. The van der Waals surface area contributed by atoms with E-state index in [1.54, 1.807) is 36.4 Å². The molecule has 0 saturated carbocycles. The number of thioether (sulfide) groups is 1. The Bertz CT molecular complexity index is 1020. The average Bonchev–Trinajstić information content (AvgIpc) is 2.86. The van der Waals surface area contributed by atoms with Crippen LogP contribution >= 0.6 is 11.8 Å². The standard InChI is InChI=1S/C25H32N4O6S/c1-36-12-11-20(25(34)35)29-24(33)21(14-16-5-3-2-4-6-16)28-22(31)15-27-23(32)19(26)13-17-7-9-18(30)10-8-17/h2-10,19-21,30H,11-15,26H2,1H3,(H,27,32)(H,28,31)(H,29,33)(H,34,35)/t19-,20-,21-/m0/s1. The van der Waals surface area contributed by atoms with E-state index in [1.807, 2.05) is 12.3 Å². The second-order valence-electron chi connectivity index (χ2n) is 8.19. The van der Waals surface area contributed by atoms with Crippen molar-refractivity contribution in [1.29, 1.82) is 0 Å². The highest BCUT2D eigenvalue weighted by atomic mass is 32.2. The highest BCUT2D eigenvalue weighted by Gasteiger charge is 2.27. The second kappa shape index (κ2) is 14.7. The van der Waals surface area contributed by atoms with Crippen LogP contribution in [0, 0.1) is 0 Å². The zero-order chi connectivity index (χ0) is 26.5. The van der Waals surface area contributed by atoms with Crippen molar-refractivity contribution in [1.82, 2.24) is 16.0 Å². The number of rotatable bonds is 14. The van der Waals surface area contributed by atoms with Gasteiger partial charge in [0.05, 0.1) is 12.6 Å². The van der Waals surface area contributed by atoms with Gasteiger partial charge >= 0.3 is 5.97 Å². The Morgan fingerprint density at radius 3 is 2.14 bits per heavy atom. The van der Waals surface area contributed by atoms with Crippen LogP contribution in [-0.4, -0.2) is 70.6 Å². The summed E-state index contributed by atoms with van der Waals surface area (Å²) in [7, 11) is 0. The fourth-order valence-corrected chi connectivity index (χ4v) is 3.82. The predicted molar refractivity (Wildman–Crippen MR) is 137 cm³/mol. The Labute approximate surface area is 214 Å². The zero-order valence-corrected chi connectivity index (χ0v) is 20.8. The zero-order valence-electron chi connectivity index (χ0n) is 20.0. The molecule has 3 atom stereocenters. The molecule has 3 amide bonds. The maximum absolute atomic E-state index is 12.9. The number of hydrogen-bond donors (Lipinski definition) is 6. The number of phenolic OH excluding ortho intramolecular Hbond substituents is 1. The Balaban J connectivity index is 1.98. The van der Waals surface area contributed by atoms with Gasteiger partial charge in [-0.05, 0) is 48.1 Å². The number of benzene rings is 2. The Morgan fingerprint density at radius 2 is 1.53 bits per heavy atom. The maximum Gasteiger partial charge on any atom is 0.326 e. The quantitative estimate of drug-likeness (QED) is 0.210. The Kier molecular flexibility index (Phi) is 11.7. The molecule has 0 aliphatic rings. The minimum Gasteiger partial charge on any atom is -0.508 e. The third kappa shape index (κ3) is 9.96. The molecule has 0 spiro atoms. The van der Waals surface area contributed by atoms with Crippen molar-refractivity contribution in [2.24, 2.45) is 5.73 Å². The smallest absolute Gasteiger partial charge is 0.326 e. The highest BCUT2D eigenvalue weighted by Crippen LogP contribution is 2.11. The van der Waals surface area contributed by atoms with Gasteiger partial charge in [-0.3, -0.25) is 14.4 Å². The average molecular weight is 517 g/mol. The Hall–Kier alpha value is -3.57. The van der Waals surface area contributed by atoms with E-state index in [-0.39, 0.29) is 25.0 Å². The summed E-state index contributed by atoms with van der Waals surface area (Å²) < 4.78 is 0. The van der Waals surface area contributed by atoms with Crippen molar-refractivity contribution in [3.63, 3.8) is 0 Å². The fraction of sp³-hybridized carbons (Fsp3) is 0.360. The van der Waals surface area contributed by atoms with Gasteiger partial charge in [-0.15, -0.1) is 0 Å². The molecule has 2 aromatic rings. The number of nitrogens with one attached hydrogen (secondary N) is 3. The lowest BCUT2D eigenvalue weighted by Gasteiger charge is -2.22. The lowest BCUT2D eigenvalue weighted by molar-refractivity contribution is -0.142. The van der Waals surface area contributed by atoms with E-state index >= 15 is 0 Å². The van der Waals surface area contributed by atoms with Crippen LogP contribution < -0.4 is 21.7 Å². The minimum atomic E-state index is -1.16. The lowest BCUT2D eigenvalue weighted by atomic mass is 10.0. The van der Waals surface area contributed by atoms with Crippen LogP contribution in [0.1, 0.15) is 17.5 Å². The largest absolute Gasteiger partial charge is 0.508 e. The van der Waals surface area contributed by atoms with E-state index in [9.17, 15) is 29.4 Å². The number of carbonyl (C=O) groups excluding carboxylic acids is 3. The minimum absolute atomic E-state index is 0.0986. The fourth-order valence-electron chi connectivity index (χ4n) is 3.35. The number of carboxylic acids is 1. The molecule has 0 radical (unpaired) electrons. The van der Waals surface area contributed by atoms with Gasteiger partial charge in [0.25, 0.3) is 0 Å². The van der Waals surface area contributed by atoms with Crippen molar-refractivity contribution in [3.05, 3.63) is 65.7 Å². The van der Waals surface area contributed by atoms with Gasteiger partial charge in [0.2, 0.25) is 17.7 Å². The molecule has 0 heterocycles. The number of amides is 3. The van der Waals surface area contributed by atoms with Gasteiger partial charge in [0.1, 0.15) is 17.8 Å². The number of carbonyl (C=O) groups is 4. The summed E-state index contributed by atoms with van der Waals surface area (Å²) in [5.74, 6) is -2.31. The molecule has 36 heavy (non-hydrogen) atoms. The molecule has 0 aliphatic heterocycles. The molecule has 0 fully saturated rings. The van der Waals surface area contributed by atoms with Crippen LogP contribution in [0.2, 0.25) is 0 Å². The van der Waals surface area contributed by atoms with E-state index in [1.165, 1.54) is 23.9 Å². The first-order valence-electron chi connectivity index (χ1n) is 11.4. The number of hydrogen-bond acceptors (Lipinski definition) is 7. The molecule has 0 aliphatic carbocycles. The molecular weight excluding hydrogens is 484 g/mol. The van der Waals surface area contributed by atoms with E-state index < -0.39 is 48.4 Å². The summed E-state index contributed by atoms with van der Waals surface area (Å²) in [5.41, 5.74) is 7.44. The summed E-state index contributed by atoms with van der Waals surface area (Å²) in [6, 6.07) is 12.2. The second-order valence-corrected chi connectivity index (χ2v) is 9.17. The molecule has 10 nitrogen and oxygen atoms in total. The van der Waals surface area contributed by atoms with Gasteiger partial charge in [0.15, 0.2) is 0 Å². The lowest BCUT2D eigenvalue weighted by Crippen LogP contribution is -2.54. The van der Waals surface area contributed by atoms with Crippen LogP contribution in [0.3, 0.4) is 0 Å². The normalized spacial score (nSPS) is 13.2. The summed E-state index contributed by atoms with van der Waals surface area (Å²) in [6.07, 6.45) is 2.42. The third-order valence-electron chi connectivity index (χ3n) is 5.31. The van der Waals surface area contributed by atoms with Crippen LogP contribution in [-0.2, 0) is 32.0 Å². The molecule has 11 heteroatoms. The molecule has 0 aromatic heterocycles. The summed E-state index contributed by atoms with van der Waals surface area (Å²) in [5, 5.41) is 26.3. The van der Waals surface area contributed by atoms with Crippen molar-refractivity contribution >= 4 is 35.5 Å².